The first-order valence-electron chi connectivity index (χ1n) is 5.76. The van der Waals surface area contributed by atoms with Crippen LogP contribution < -0.4 is 4.74 Å². The van der Waals surface area contributed by atoms with E-state index in [4.69, 9.17) is 9.84 Å². The molecule has 0 aliphatic rings. The Balaban J connectivity index is 2.46. The van der Waals surface area contributed by atoms with Gasteiger partial charge in [0.1, 0.15) is 22.9 Å². The summed E-state index contributed by atoms with van der Waals surface area (Å²) in [6.45, 7) is 3.47. The van der Waals surface area contributed by atoms with Gasteiger partial charge in [0, 0.05) is 0 Å². The van der Waals surface area contributed by atoms with Gasteiger partial charge < -0.3 is 9.84 Å². The number of para-hydroxylation sites is 1. The highest BCUT2D eigenvalue weighted by atomic mass is 19.1. The minimum absolute atomic E-state index is 0.0868. The van der Waals surface area contributed by atoms with Crippen LogP contribution in [0.1, 0.15) is 21.5 Å². The van der Waals surface area contributed by atoms with Gasteiger partial charge in [0.25, 0.3) is 0 Å². The molecule has 0 unspecified atom stereocenters. The molecule has 0 aromatic heterocycles. The molecule has 0 fully saturated rings. The molecule has 0 aliphatic heterocycles. The molecule has 2 aromatic carbocycles. The molecular formula is C15H13FO3. The average molecular weight is 260 g/mol. The predicted octanol–water partition coefficient (Wildman–Crippen LogP) is 3.93. The molecule has 98 valence electrons. The topological polar surface area (TPSA) is 46.5 Å². The average Bonchev–Trinajstić information content (AvgIpc) is 2.34. The van der Waals surface area contributed by atoms with Gasteiger partial charge in [0.2, 0.25) is 0 Å². The van der Waals surface area contributed by atoms with Crippen molar-refractivity contribution in [1.82, 2.24) is 0 Å². The van der Waals surface area contributed by atoms with E-state index in [-0.39, 0.29) is 17.1 Å². The first kappa shape index (κ1) is 13.1. The fraction of sp³-hybridized carbons (Fsp3) is 0.133. The summed E-state index contributed by atoms with van der Waals surface area (Å²) >= 11 is 0. The van der Waals surface area contributed by atoms with Crippen molar-refractivity contribution in [2.75, 3.05) is 0 Å². The molecular weight excluding hydrogens is 247 g/mol. The number of carboxylic acid groups (broad SMARTS) is 1. The third kappa shape index (κ3) is 2.73. The van der Waals surface area contributed by atoms with E-state index in [1.54, 1.807) is 26.0 Å². The SMILES string of the molecule is Cc1cc(F)ccc1Oc1c(C)cccc1C(=O)O. The fourth-order valence-corrected chi connectivity index (χ4v) is 1.79. The number of rotatable bonds is 3. The van der Waals surface area contributed by atoms with Crippen LogP contribution in [0.4, 0.5) is 4.39 Å². The number of carboxylic acids is 1. The number of hydrogen-bond donors (Lipinski definition) is 1. The van der Waals surface area contributed by atoms with Crippen LogP contribution in [-0.2, 0) is 0 Å². The Morgan fingerprint density at radius 2 is 1.89 bits per heavy atom. The molecule has 2 aromatic rings. The van der Waals surface area contributed by atoms with Crippen LogP contribution in [-0.4, -0.2) is 11.1 Å². The number of benzene rings is 2. The largest absolute Gasteiger partial charge is 0.478 e. The molecule has 0 atom stereocenters. The predicted molar refractivity (Wildman–Crippen MR) is 69.3 cm³/mol. The van der Waals surface area contributed by atoms with E-state index < -0.39 is 5.97 Å². The van der Waals surface area contributed by atoms with Crippen LogP contribution in [0, 0.1) is 19.7 Å². The van der Waals surface area contributed by atoms with Gasteiger partial charge in [0.05, 0.1) is 0 Å². The number of hydrogen-bond acceptors (Lipinski definition) is 2. The maximum Gasteiger partial charge on any atom is 0.339 e. The van der Waals surface area contributed by atoms with Gasteiger partial charge in [-0.3, -0.25) is 0 Å². The zero-order valence-corrected chi connectivity index (χ0v) is 10.6. The Hall–Kier alpha value is -2.36. The van der Waals surface area contributed by atoms with Gasteiger partial charge in [-0.05, 0) is 49.2 Å². The molecule has 0 amide bonds. The molecule has 0 spiro atoms. The number of ether oxygens (including phenoxy) is 1. The number of aryl methyl sites for hydroxylation is 2. The first-order chi connectivity index (χ1) is 8.99. The first-order valence-corrected chi connectivity index (χ1v) is 5.76. The minimum Gasteiger partial charge on any atom is -0.478 e. The summed E-state index contributed by atoms with van der Waals surface area (Å²) in [5.74, 6) is -0.686. The molecule has 0 radical (unpaired) electrons. The summed E-state index contributed by atoms with van der Waals surface area (Å²) in [5, 5.41) is 9.14. The van der Waals surface area contributed by atoms with E-state index in [0.29, 0.717) is 16.9 Å². The van der Waals surface area contributed by atoms with Gasteiger partial charge in [-0.25, -0.2) is 9.18 Å². The highest BCUT2D eigenvalue weighted by Crippen LogP contribution is 2.31. The lowest BCUT2D eigenvalue weighted by molar-refractivity contribution is 0.0694. The molecule has 4 heteroatoms. The van der Waals surface area contributed by atoms with E-state index in [0.717, 1.165) is 0 Å². The van der Waals surface area contributed by atoms with E-state index in [2.05, 4.69) is 0 Å². The van der Waals surface area contributed by atoms with Crippen molar-refractivity contribution in [2.45, 2.75) is 13.8 Å². The lowest BCUT2D eigenvalue weighted by Crippen LogP contribution is -2.02. The number of aromatic carboxylic acids is 1. The third-order valence-electron chi connectivity index (χ3n) is 2.79. The van der Waals surface area contributed by atoms with Crippen molar-refractivity contribution in [3.8, 4) is 11.5 Å². The second-order valence-electron chi connectivity index (χ2n) is 4.27. The van der Waals surface area contributed by atoms with Gasteiger partial charge >= 0.3 is 5.97 Å². The fourth-order valence-electron chi connectivity index (χ4n) is 1.79. The lowest BCUT2D eigenvalue weighted by Gasteiger charge is -2.13. The van der Waals surface area contributed by atoms with E-state index in [1.165, 1.54) is 24.3 Å². The van der Waals surface area contributed by atoms with Gasteiger partial charge in [-0.2, -0.15) is 0 Å². The summed E-state index contributed by atoms with van der Waals surface area (Å²) in [6, 6.07) is 9.01. The molecule has 1 N–H and O–H groups in total. The second-order valence-corrected chi connectivity index (χ2v) is 4.27. The van der Waals surface area contributed by atoms with Gasteiger partial charge in [0.15, 0.2) is 0 Å². The van der Waals surface area contributed by atoms with E-state index in [9.17, 15) is 9.18 Å². The Labute approximate surface area is 110 Å². The second kappa shape index (κ2) is 5.10. The van der Waals surface area contributed by atoms with Crippen LogP contribution in [0.2, 0.25) is 0 Å². The van der Waals surface area contributed by atoms with Crippen LogP contribution in [0.25, 0.3) is 0 Å². The normalized spacial score (nSPS) is 10.3. The Morgan fingerprint density at radius 3 is 2.53 bits per heavy atom. The van der Waals surface area contributed by atoms with Crippen molar-refractivity contribution < 1.29 is 19.0 Å². The molecule has 3 nitrogen and oxygen atoms in total. The van der Waals surface area contributed by atoms with Crippen molar-refractivity contribution in [3.63, 3.8) is 0 Å². The number of halogens is 1. The van der Waals surface area contributed by atoms with E-state index >= 15 is 0 Å². The van der Waals surface area contributed by atoms with E-state index in [1.807, 2.05) is 0 Å². The minimum atomic E-state index is -1.06. The van der Waals surface area contributed by atoms with Crippen LogP contribution in [0.15, 0.2) is 36.4 Å². The van der Waals surface area contributed by atoms with Crippen molar-refractivity contribution in [1.29, 1.82) is 0 Å². The summed E-state index contributed by atoms with van der Waals surface area (Å²) in [7, 11) is 0. The zero-order valence-electron chi connectivity index (χ0n) is 10.6. The molecule has 0 heterocycles. The molecule has 0 bridgehead atoms. The lowest BCUT2D eigenvalue weighted by atomic mass is 10.1. The maximum absolute atomic E-state index is 13.0. The summed E-state index contributed by atoms with van der Waals surface area (Å²) in [6.07, 6.45) is 0. The molecule has 0 aliphatic carbocycles. The van der Waals surface area contributed by atoms with Crippen LogP contribution >= 0.6 is 0 Å². The standard InChI is InChI=1S/C15H13FO3/c1-9-4-3-5-12(15(17)18)14(9)19-13-7-6-11(16)8-10(13)2/h3-8H,1-2H3,(H,17,18). The third-order valence-corrected chi connectivity index (χ3v) is 2.79. The molecule has 0 saturated carbocycles. The van der Waals surface area contributed by atoms with Crippen molar-refractivity contribution in [2.24, 2.45) is 0 Å². The van der Waals surface area contributed by atoms with Crippen LogP contribution in [0.5, 0.6) is 11.5 Å². The monoisotopic (exact) mass is 260 g/mol. The summed E-state index contributed by atoms with van der Waals surface area (Å²) < 4.78 is 18.7. The highest BCUT2D eigenvalue weighted by Gasteiger charge is 2.15. The van der Waals surface area contributed by atoms with Gasteiger partial charge in [-0.15, -0.1) is 0 Å². The highest BCUT2D eigenvalue weighted by molar-refractivity contribution is 5.91. The quantitative estimate of drug-likeness (QED) is 0.909. The Morgan fingerprint density at radius 1 is 1.16 bits per heavy atom. The summed E-state index contributed by atoms with van der Waals surface area (Å²) in [5.41, 5.74) is 1.41. The van der Waals surface area contributed by atoms with Crippen LogP contribution in [0.3, 0.4) is 0 Å². The van der Waals surface area contributed by atoms with Crippen molar-refractivity contribution >= 4 is 5.97 Å². The summed E-state index contributed by atoms with van der Waals surface area (Å²) in [4.78, 5) is 11.2. The molecule has 2 rings (SSSR count). The maximum atomic E-state index is 13.0. The van der Waals surface area contributed by atoms with Gasteiger partial charge in [-0.1, -0.05) is 12.1 Å². The Bertz CT molecular complexity index is 635. The zero-order chi connectivity index (χ0) is 14.0. The molecule has 0 saturated heterocycles. The Kier molecular flexibility index (Phi) is 3.51. The molecule has 19 heavy (non-hydrogen) atoms. The number of carbonyl (C=O) groups is 1. The smallest absolute Gasteiger partial charge is 0.339 e. The van der Waals surface area contributed by atoms with Crippen molar-refractivity contribution in [3.05, 3.63) is 58.9 Å².